The van der Waals surface area contributed by atoms with Gasteiger partial charge < -0.3 is 9.72 Å². The van der Waals surface area contributed by atoms with E-state index in [1.54, 1.807) is 13.2 Å². The first-order chi connectivity index (χ1) is 9.69. The molecule has 3 aromatic rings. The monoisotopic (exact) mass is 307 g/mol. The molecule has 0 aliphatic rings. The number of ether oxygens (including phenoxy) is 1. The molecule has 4 nitrogen and oxygen atoms in total. The van der Waals surface area contributed by atoms with Crippen LogP contribution in [0, 0.1) is 0 Å². The van der Waals surface area contributed by atoms with Crippen LogP contribution in [0.25, 0.3) is 11.2 Å². The van der Waals surface area contributed by atoms with Gasteiger partial charge in [-0.05, 0) is 11.6 Å². The van der Waals surface area contributed by atoms with Gasteiger partial charge in [-0.25, -0.2) is 9.97 Å². The van der Waals surface area contributed by atoms with E-state index in [9.17, 15) is 0 Å². The van der Waals surface area contributed by atoms with Crippen molar-refractivity contribution in [3.8, 4) is 0 Å². The summed E-state index contributed by atoms with van der Waals surface area (Å²) in [6.07, 6.45) is -0.289. The van der Waals surface area contributed by atoms with Crippen LogP contribution < -0.4 is 0 Å². The van der Waals surface area contributed by atoms with Crippen LogP contribution in [-0.2, 0) is 4.74 Å². The number of nitrogens with one attached hydrogen (secondary N) is 1. The number of hydrogen-bond acceptors (Lipinski definition) is 3. The maximum atomic E-state index is 5.95. The Morgan fingerprint density at radius 1 is 1.15 bits per heavy atom. The van der Waals surface area contributed by atoms with Crippen molar-refractivity contribution in [1.29, 1.82) is 0 Å². The molecule has 2 aromatic heterocycles. The summed E-state index contributed by atoms with van der Waals surface area (Å²) >= 11 is 11.9. The summed E-state index contributed by atoms with van der Waals surface area (Å²) in [5.74, 6) is 0.666. The fraction of sp³-hybridized carbons (Fsp3) is 0.143. The predicted molar refractivity (Wildman–Crippen MR) is 79.2 cm³/mol. The molecule has 20 heavy (non-hydrogen) atoms. The number of pyridine rings is 1. The molecule has 1 aromatic carbocycles. The number of H-pyrrole nitrogens is 1. The molecule has 0 saturated heterocycles. The average Bonchev–Trinajstić information content (AvgIpc) is 2.84. The maximum absolute atomic E-state index is 5.95. The van der Waals surface area contributed by atoms with Gasteiger partial charge in [0.1, 0.15) is 17.1 Å². The number of nitrogens with zero attached hydrogens (tertiary/aromatic N) is 2. The van der Waals surface area contributed by atoms with E-state index >= 15 is 0 Å². The van der Waals surface area contributed by atoms with Crippen LogP contribution in [0.2, 0.25) is 10.2 Å². The lowest BCUT2D eigenvalue weighted by Gasteiger charge is -2.12. The van der Waals surface area contributed by atoms with E-state index in [4.69, 9.17) is 27.9 Å². The third-order valence-electron chi connectivity index (χ3n) is 2.99. The summed E-state index contributed by atoms with van der Waals surface area (Å²) in [6, 6.07) is 11.5. The van der Waals surface area contributed by atoms with Crippen LogP contribution in [-0.4, -0.2) is 22.1 Å². The fourth-order valence-corrected chi connectivity index (χ4v) is 2.36. The Labute approximate surface area is 125 Å². The summed E-state index contributed by atoms with van der Waals surface area (Å²) < 4.78 is 5.52. The lowest BCUT2D eigenvalue weighted by molar-refractivity contribution is 0.130. The van der Waals surface area contributed by atoms with E-state index in [2.05, 4.69) is 15.0 Å². The van der Waals surface area contributed by atoms with Gasteiger partial charge >= 0.3 is 0 Å². The number of methoxy groups -OCH3 is 1. The Hall–Kier alpha value is -1.62. The Morgan fingerprint density at radius 2 is 1.90 bits per heavy atom. The van der Waals surface area contributed by atoms with Gasteiger partial charge in [0.05, 0.1) is 10.5 Å². The highest BCUT2D eigenvalue weighted by Gasteiger charge is 2.18. The van der Waals surface area contributed by atoms with Crippen LogP contribution in [0.1, 0.15) is 17.5 Å². The van der Waals surface area contributed by atoms with E-state index in [-0.39, 0.29) is 11.3 Å². The highest BCUT2D eigenvalue weighted by Crippen LogP contribution is 2.27. The van der Waals surface area contributed by atoms with Gasteiger partial charge in [-0.1, -0.05) is 53.5 Å². The minimum absolute atomic E-state index is 0.242. The first-order valence-corrected chi connectivity index (χ1v) is 6.74. The molecular formula is C14H11Cl2N3O. The molecule has 0 spiro atoms. The molecule has 2 heterocycles. The number of imidazole rings is 1. The average molecular weight is 308 g/mol. The Bertz CT molecular complexity index is 704. The van der Waals surface area contributed by atoms with E-state index in [1.165, 1.54) is 0 Å². The van der Waals surface area contributed by atoms with Crippen molar-refractivity contribution in [2.75, 3.05) is 7.11 Å². The molecule has 6 heteroatoms. The minimum Gasteiger partial charge on any atom is -0.369 e. The number of hydrogen-bond donors (Lipinski definition) is 1. The zero-order chi connectivity index (χ0) is 14.1. The van der Waals surface area contributed by atoms with Crippen LogP contribution in [0.3, 0.4) is 0 Å². The van der Waals surface area contributed by atoms with Crippen molar-refractivity contribution in [2.45, 2.75) is 6.10 Å². The van der Waals surface area contributed by atoms with E-state index in [0.717, 1.165) is 11.1 Å². The molecular weight excluding hydrogens is 297 g/mol. The number of rotatable bonds is 3. The van der Waals surface area contributed by atoms with Gasteiger partial charge in [-0.15, -0.1) is 0 Å². The number of benzene rings is 1. The summed E-state index contributed by atoms with van der Waals surface area (Å²) in [4.78, 5) is 11.7. The zero-order valence-corrected chi connectivity index (χ0v) is 12.1. The van der Waals surface area contributed by atoms with Gasteiger partial charge in [-0.2, -0.15) is 0 Å². The molecule has 0 saturated carbocycles. The third kappa shape index (κ3) is 2.38. The number of aromatic amines is 1. The van der Waals surface area contributed by atoms with Crippen molar-refractivity contribution >= 4 is 34.4 Å². The second-order valence-corrected chi connectivity index (χ2v) is 5.05. The normalized spacial score (nSPS) is 12.8. The quantitative estimate of drug-likeness (QED) is 0.744. The first-order valence-electron chi connectivity index (χ1n) is 5.98. The lowest BCUT2D eigenvalue weighted by Crippen LogP contribution is -2.05. The summed E-state index contributed by atoms with van der Waals surface area (Å²) in [6.45, 7) is 0. The second-order valence-electron chi connectivity index (χ2n) is 4.28. The molecule has 3 rings (SSSR count). The van der Waals surface area contributed by atoms with Gasteiger partial charge in [0.15, 0.2) is 5.65 Å². The SMILES string of the molecule is COC(c1ccccc1)c1nc2nc(Cl)c(Cl)cc2[nH]1. The Kier molecular flexibility index (Phi) is 3.61. The molecule has 0 aliphatic heterocycles. The van der Waals surface area contributed by atoms with Gasteiger partial charge in [0.25, 0.3) is 0 Å². The van der Waals surface area contributed by atoms with Gasteiger partial charge in [-0.3, -0.25) is 0 Å². The molecule has 0 bridgehead atoms. The van der Waals surface area contributed by atoms with Crippen molar-refractivity contribution in [2.24, 2.45) is 0 Å². The Morgan fingerprint density at radius 3 is 2.60 bits per heavy atom. The highest BCUT2D eigenvalue weighted by molar-refractivity contribution is 6.41. The highest BCUT2D eigenvalue weighted by atomic mass is 35.5. The summed E-state index contributed by atoms with van der Waals surface area (Å²) in [5, 5.41) is 0.633. The topological polar surface area (TPSA) is 50.8 Å². The zero-order valence-electron chi connectivity index (χ0n) is 10.6. The molecule has 102 valence electrons. The lowest BCUT2D eigenvalue weighted by atomic mass is 10.1. The van der Waals surface area contributed by atoms with Gasteiger partial charge in [0.2, 0.25) is 0 Å². The molecule has 0 fully saturated rings. The largest absolute Gasteiger partial charge is 0.369 e. The third-order valence-corrected chi connectivity index (χ3v) is 3.66. The van der Waals surface area contributed by atoms with Crippen LogP contribution in [0.15, 0.2) is 36.4 Å². The van der Waals surface area contributed by atoms with Gasteiger partial charge in [0, 0.05) is 7.11 Å². The van der Waals surface area contributed by atoms with Crippen molar-refractivity contribution < 1.29 is 4.74 Å². The minimum atomic E-state index is -0.289. The maximum Gasteiger partial charge on any atom is 0.179 e. The van der Waals surface area contributed by atoms with Crippen molar-refractivity contribution in [1.82, 2.24) is 15.0 Å². The number of aromatic nitrogens is 3. The first kappa shape index (κ1) is 13.4. The standard InChI is InChI=1S/C14H11Cl2N3O/c1-20-11(8-5-3-2-4-6-8)14-17-10-7-9(15)12(16)18-13(10)19-14/h2-7,11H,1H3,(H,17,18,19). The van der Waals surface area contributed by atoms with Crippen molar-refractivity contribution in [3.05, 3.63) is 58.0 Å². The van der Waals surface area contributed by atoms with E-state index in [0.29, 0.717) is 16.5 Å². The molecule has 1 unspecified atom stereocenters. The van der Waals surface area contributed by atoms with Crippen LogP contribution in [0.4, 0.5) is 0 Å². The van der Waals surface area contributed by atoms with Crippen LogP contribution >= 0.6 is 23.2 Å². The van der Waals surface area contributed by atoms with Crippen LogP contribution in [0.5, 0.6) is 0 Å². The van der Waals surface area contributed by atoms with E-state index in [1.807, 2.05) is 30.3 Å². The molecule has 0 aliphatic carbocycles. The molecule has 1 N–H and O–H groups in total. The molecule has 0 amide bonds. The summed E-state index contributed by atoms with van der Waals surface area (Å²) in [5.41, 5.74) is 2.26. The number of halogens is 2. The Balaban J connectivity index is 2.09. The smallest absolute Gasteiger partial charge is 0.179 e. The second kappa shape index (κ2) is 5.40. The molecule has 1 atom stereocenters. The number of fused-ring (bicyclic) bond motifs is 1. The fourth-order valence-electron chi connectivity index (χ4n) is 2.07. The van der Waals surface area contributed by atoms with Crippen molar-refractivity contribution in [3.63, 3.8) is 0 Å². The summed E-state index contributed by atoms with van der Waals surface area (Å²) in [7, 11) is 1.64. The molecule has 0 radical (unpaired) electrons. The predicted octanol–water partition coefficient (Wildman–Crippen LogP) is 4.00. The van der Waals surface area contributed by atoms with E-state index < -0.39 is 0 Å².